The number of pyridine rings is 1. The maximum absolute atomic E-state index is 12.6. The van der Waals surface area contributed by atoms with E-state index in [4.69, 9.17) is 0 Å². The summed E-state index contributed by atoms with van der Waals surface area (Å²) in [5.41, 5.74) is 0. The van der Waals surface area contributed by atoms with Gasteiger partial charge < -0.3 is 14.9 Å². The van der Waals surface area contributed by atoms with Crippen molar-refractivity contribution in [2.75, 3.05) is 7.11 Å². The van der Waals surface area contributed by atoms with Crippen LogP contribution in [0.4, 0.5) is 10.2 Å². The molecule has 0 saturated heterocycles. The Balaban J connectivity index is 3.13. The highest BCUT2D eigenvalue weighted by molar-refractivity contribution is 5.31. The summed E-state index contributed by atoms with van der Waals surface area (Å²) in [5, 5.41) is 10.1. The number of aromatic nitrogens is 1. The third-order valence-corrected chi connectivity index (χ3v) is 1.21. The molecule has 0 spiro atoms. The van der Waals surface area contributed by atoms with E-state index in [1.165, 1.54) is 7.11 Å². The van der Waals surface area contributed by atoms with Gasteiger partial charge in [0.25, 0.3) is 0 Å². The van der Waals surface area contributed by atoms with E-state index >= 15 is 0 Å². The molecule has 0 amide bonds. The number of hydrogen-bond acceptors (Lipinski definition) is 4. The quantitative estimate of drug-likeness (QED) is 0.495. The van der Waals surface area contributed by atoms with Crippen LogP contribution in [0, 0.1) is 15.9 Å². The molecule has 64 valence electrons. The number of rotatable bonds is 2. The van der Waals surface area contributed by atoms with Crippen LogP contribution >= 0.6 is 0 Å². The number of nitro groups is 1. The minimum Gasteiger partial charge on any atom is -0.493 e. The average Bonchev–Trinajstić information content (AvgIpc) is 2.05. The topological polar surface area (TPSA) is 65.3 Å². The lowest BCUT2D eigenvalue weighted by atomic mass is 10.4. The summed E-state index contributed by atoms with van der Waals surface area (Å²) < 4.78 is 17.1. The molecule has 0 aliphatic carbocycles. The lowest BCUT2D eigenvalue weighted by molar-refractivity contribution is -0.389. The van der Waals surface area contributed by atoms with Crippen molar-refractivity contribution in [1.82, 2.24) is 4.98 Å². The molecule has 1 heterocycles. The standard InChI is InChI=1S/C6H5FN2O3/c1-12-5-2-6(9(10)11)8-3-4(5)7/h2-3H,1H3. The fourth-order valence-corrected chi connectivity index (χ4v) is 0.666. The van der Waals surface area contributed by atoms with E-state index in [0.717, 1.165) is 12.3 Å². The van der Waals surface area contributed by atoms with Crippen molar-refractivity contribution < 1.29 is 14.1 Å². The first-order valence-corrected chi connectivity index (χ1v) is 2.99. The van der Waals surface area contributed by atoms with Gasteiger partial charge in [0.15, 0.2) is 11.9 Å². The van der Waals surface area contributed by atoms with Gasteiger partial charge >= 0.3 is 5.82 Å². The van der Waals surface area contributed by atoms with Crippen LogP contribution in [0.3, 0.4) is 0 Å². The number of halogens is 1. The zero-order valence-electron chi connectivity index (χ0n) is 6.15. The molecule has 0 bridgehead atoms. The minimum atomic E-state index is -0.720. The molecule has 1 aromatic rings. The molecule has 5 nitrogen and oxygen atoms in total. The summed E-state index contributed by atoms with van der Waals surface area (Å²) >= 11 is 0. The smallest absolute Gasteiger partial charge is 0.367 e. The van der Waals surface area contributed by atoms with Gasteiger partial charge in [-0.1, -0.05) is 0 Å². The van der Waals surface area contributed by atoms with E-state index in [2.05, 4.69) is 9.72 Å². The first-order chi connectivity index (χ1) is 5.65. The van der Waals surface area contributed by atoms with Crippen LogP contribution in [0.1, 0.15) is 0 Å². The van der Waals surface area contributed by atoms with Crippen LogP contribution < -0.4 is 4.74 Å². The molecule has 0 aliphatic rings. The van der Waals surface area contributed by atoms with Crippen molar-refractivity contribution in [2.45, 2.75) is 0 Å². The van der Waals surface area contributed by atoms with Crippen LogP contribution in [-0.4, -0.2) is 17.0 Å². The second-order valence-electron chi connectivity index (χ2n) is 1.93. The van der Waals surface area contributed by atoms with Crippen molar-refractivity contribution >= 4 is 5.82 Å². The van der Waals surface area contributed by atoms with E-state index in [9.17, 15) is 14.5 Å². The fraction of sp³-hybridized carbons (Fsp3) is 0.167. The predicted octanol–water partition coefficient (Wildman–Crippen LogP) is 1.14. The number of methoxy groups -OCH3 is 1. The molecule has 1 aromatic heterocycles. The Labute approximate surface area is 66.9 Å². The van der Waals surface area contributed by atoms with E-state index in [0.29, 0.717) is 0 Å². The van der Waals surface area contributed by atoms with E-state index in [1.807, 2.05) is 0 Å². The summed E-state index contributed by atoms with van der Waals surface area (Å²) in [6.07, 6.45) is 0.747. The maximum atomic E-state index is 12.6. The minimum absolute atomic E-state index is 0.184. The predicted molar refractivity (Wildman–Crippen MR) is 37.4 cm³/mol. The van der Waals surface area contributed by atoms with Crippen molar-refractivity contribution in [3.05, 3.63) is 28.2 Å². The van der Waals surface area contributed by atoms with Crippen molar-refractivity contribution in [3.8, 4) is 5.75 Å². The normalized spacial score (nSPS) is 9.50. The molecule has 0 saturated carbocycles. The Morgan fingerprint density at radius 2 is 2.42 bits per heavy atom. The molecule has 0 aliphatic heterocycles. The number of hydrogen-bond donors (Lipinski definition) is 0. The molecule has 0 radical (unpaired) electrons. The highest BCUT2D eigenvalue weighted by Gasteiger charge is 2.12. The molecule has 0 unspecified atom stereocenters. The second-order valence-corrected chi connectivity index (χ2v) is 1.93. The monoisotopic (exact) mass is 172 g/mol. The Bertz CT molecular complexity index is 316. The molecule has 0 atom stereocenters. The van der Waals surface area contributed by atoms with Gasteiger partial charge in [-0.25, -0.2) is 0 Å². The molecular formula is C6H5FN2O3. The fourth-order valence-electron chi connectivity index (χ4n) is 0.666. The van der Waals surface area contributed by atoms with Gasteiger partial charge in [-0.05, 0) is 9.91 Å². The van der Waals surface area contributed by atoms with Crippen LogP contribution in [-0.2, 0) is 0 Å². The first kappa shape index (κ1) is 8.38. The third-order valence-electron chi connectivity index (χ3n) is 1.21. The SMILES string of the molecule is COc1cc([N+](=O)[O-])ncc1F. The number of ether oxygens (including phenoxy) is 1. The van der Waals surface area contributed by atoms with Crippen molar-refractivity contribution in [2.24, 2.45) is 0 Å². The van der Waals surface area contributed by atoms with Crippen LogP contribution in [0.5, 0.6) is 5.75 Å². The van der Waals surface area contributed by atoms with Gasteiger partial charge in [0.05, 0.1) is 13.2 Å². The highest BCUT2D eigenvalue weighted by Crippen LogP contribution is 2.19. The zero-order valence-corrected chi connectivity index (χ0v) is 6.15. The summed E-state index contributed by atoms with van der Waals surface area (Å²) in [5.74, 6) is -1.34. The van der Waals surface area contributed by atoms with E-state index < -0.39 is 16.6 Å². The molecule has 12 heavy (non-hydrogen) atoms. The van der Waals surface area contributed by atoms with Crippen LogP contribution in [0.25, 0.3) is 0 Å². The van der Waals surface area contributed by atoms with E-state index in [1.54, 1.807) is 0 Å². The van der Waals surface area contributed by atoms with Crippen molar-refractivity contribution in [3.63, 3.8) is 0 Å². The molecule has 6 heteroatoms. The second kappa shape index (κ2) is 3.12. The van der Waals surface area contributed by atoms with Crippen LogP contribution in [0.2, 0.25) is 0 Å². The van der Waals surface area contributed by atoms with Gasteiger partial charge in [-0.2, -0.15) is 4.39 Å². The van der Waals surface area contributed by atoms with Gasteiger partial charge in [-0.15, -0.1) is 0 Å². The largest absolute Gasteiger partial charge is 0.493 e. The summed E-state index contributed by atoms with van der Waals surface area (Å²) in [4.78, 5) is 12.7. The van der Waals surface area contributed by atoms with Gasteiger partial charge in [-0.3, -0.25) is 0 Å². The van der Waals surface area contributed by atoms with Gasteiger partial charge in [0.1, 0.15) is 0 Å². The third kappa shape index (κ3) is 1.47. The molecular weight excluding hydrogens is 167 g/mol. The molecule has 0 aromatic carbocycles. The van der Waals surface area contributed by atoms with E-state index in [-0.39, 0.29) is 5.75 Å². The van der Waals surface area contributed by atoms with Crippen LogP contribution in [0.15, 0.2) is 12.3 Å². The lowest BCUT2D eigenvalue weighted by Crippen LogP contribution is -1.95. The highest BCUT2D eigenvalue weighted by atomic mass is 19.1. The number of nitrogens with zero attached hydrogens (tertiary/aromatic N) is 2. The Hall–Kier alpha value is -1.72. The Morgan fingerprint density at radius 1 is 1.75 bits per heavy atom. The molecule has 0 fully saturated rings. The summed E-state index contributed by atoms with van der Waals surface area (Å²) in [7, 11) is 1.22. The zero-order chi connectivity index (χ0) is 9.14. The maximum Gasteiger partial charge on any atom is 0.367 e. The molecule has 1 rings (SSSR count). The Morgan fingerprint density at radius 3 is 2.92 bits per heavy atom. The van der Waals surface area contributed by atoms with Crippen molar-refractivity contribution in [1.29, 1.82) is 0 Å². The summed E-state index contributed by atoms with van der Waals surface area (Å²) in [6.45, 7) is 0. The molecule has 0 N–H and O–H groups in total. The van der Waals surface area contributed by atoms with Gasteiger partial charge in [0.2, 0.25) is 5.82 Å². The summed E-state index contributed by atoms with van der Waals surface area (Å²) in [6, 6.07) is 0.926. The van der Waals surface area contributed by atoms with Gasteiger partial charge in [0, 0.05) is 0 Å². The Kier molecular flexibility index (Phi) is 2.18. The lowest BCUT2D eigenvalue weighted by Gasteiger charge is -1.98. The first-order valence-electron chi connectivity index (χ1n) is 2.99. The average molecular weight is 172 g/mol.